The van der Waals surface area contributed by atoms with E-state index in [0.717, 1.165) is 12.0 Å². The van der Waals surface area contributed by atoms with Crippen LogP contribution < -0.4 is 5.32 Å². The summed E-state index contributed by atoms with van der Waals surface area (Å²) in [7, 11) is 0. The molecule has 0 saturated carbocycles. The summed E-state index contributed by atoms with van der Waals surface area (Å²) in [6.07, 6.45) is 1.09. The molecule has 1 amide bonds. The van der Waals surface area contributed by atoms with Gasteiger partial charge in [-0.25, -0.2) is 4.79 Å². The van der Waals surface area contributed by atoms with Gasteiger partial charge in [-0.3, -0.25) is 4.79 Å². The third-order valence-electron chi connectivity index (χ3n) is 4.00. The van der Waals surface area contributed by atoms with Crippen molar-refractivity contribution in [1.82, 2.24) is 10.2 Å². The fraction of sp³-hybridized carbons (Fsp3) is 0.556. The van der Waals surface area contributed by atoms with Gasteiger partial charge in [0.25, 0.3) is 0 Å². The second-order valence-electron chi connectivity index (χ2n) is 6.39. The lowest BCUT2D eigenvalue weighted by molar-refractivity contribution is -0.122. The fourth-order valence-corrected chi connectivity index (χ4v) is 2.55. The SMILES string of the molecule is CC(C)CCC(=O)C1CN(C(=O)OCc2ccccc2)CCN1.Cl. The number of hydrogen-bond donors (Lipinski definition) is 1. The van der Waals surface area contributed by atoms with Crippen molar-refractivity contribution in [3.05, 3.63) is 35.9 Å². The molecule has 0 bridgehead atoms. The second kappa shape index (κ2) is 10.3. The fourth-order valence-electron chi connectivity index (χ4n) is 2.55. The average Bonchev–Trinajstić information content (AvgIpc) is 2.58. The lowest BCUT2D eigenvalue weighted by atomic mass is 10.0. The molecule has 1 saturated heterocycles. The van der Waals surface area contributed by atoms with E-state index in [0.29, 0.717) is 32.0 Å². The molecule has 1 aliphatic rings. The molecule has 1 unspecified atom stereocenters. The summed E-state index contributed by atoms with van der Waals surface area (Å²) >= 11 is 0. The number of hydrogen-bond acceptors (Lipinski definition) is 4. The molecule has 1 aromatic carbocycles. The van der Waals surface area contributed by atoms with Gasteiger partial charge >= 0.3 is 6.09 Å². The zero-order valence-corrected chi connectivity index (χ0v) is 15.2. The van der Waals surface area contributed by atoms with Gasteiger partial charge in [0.05, 0.1) is 6.04 Å². The van der Waals surface area contributed by atoms with Gasteiger partial charge in [-0.2, -0.15) is 0 Å². The minimum atomic E-state index is -0.350. The summed E-state index contributed by atoms with van der Waals surface area (Å²) in [4.78, 5) is 26.0. The first-order valence-electron chi connectivity index (χ1n) is 8.28. The Kier molecular flexibility index (Phi) is 8.79. The lowest BCUT2D eigenvalue weighted by Crippen LogP contribution is -2.55. The Morgan fingerprint density at radius 1 is 1.29 bits per heavy atom. The maximum absolute atomic E-state index is 12.2. The zero-order chi connectivity index (χ0) is 16.7. The summed E-state index contributed by atoms with van der Waals surface area (Å²) < 4.78 is 5.34. The number of benzene rings is 1. The van der Waals surface area contributed by atoms with Crippen LogP contribution in [0.3, 0.4) is 0 Å². The predicted molar refractivity (Wildman–Crippen MR) is 96.3 cm³/mol. The van der Waals surface area contributed by atoms with E-state index in [4.69, 9.17) is 4.74 Å². The van der Waals surface area contributed by atoms with Gasteiger partial charge in [0.1, 0.15) is 6.61 Å². The van der Waals surface area contributed by atoms with Crippen LogP contribution in [0.2, 0.25) is 0 Å². The number of ketones is 1. The molecular formula is C18H27ClN2O3. The summed E-state index contributed by atoms with van der Waals surface area (Å²) in [6, 6.07) is 9.32. The first-order valence-corrected chi connectivity index (χ1v) is 8.28. The summed E-state index contributed by atoms with van der Waals surface area (Å²) in [5.74, 6) is 0.689. The van der Waals surface area contributed by atoms with Crippen molar-refractivity contribution in [3.63, 3.8) is 0 Å². The van der Waals surface area contributed by atoms with Gasteiger partial charge in [-0.05, 0) is 17.9 Å². The number of rotatable bonds is 6. The number of Topliss-reactive ketones (excluding diaryl/α,β-unsaturated/α-hetero) is 1. The number of nitrogens with one attached hydrogen (secondary N) is 1. The number of carbonyl (C=O) groups is 2. The third-order valence-corrected chi connectivity index (χ3v) is 4.00. The molecule has 1 N–H and O–H groups in total. The molecule has 0 aliphatic carbocycles. The van der Waals surface area contributed by atoms with Crippen molar-refractivity contribution in [2.75, 3.05) is 19.6 Å². The molecule has 2 rings (SSSR count). The number of halogens is 1. The first kappa shape index (κ1) is 20.5. The van der Waals surface area contributed by atoms with Crippen LogP contribution in [0.25, 0.3) is 0 Å². The van der Waals surface area contributed by atoms with Crippen LogP contribution in [-0.4, -0.2) is 42.5 Å². The van der Waals surface area contributed by atoms with E-state index in [-0.39, 0.29) is 36.9 Å². The zero-order valence-electron chi connectivity index (χ0n) is 14.4. The van der Waals surface area contributed by atoms with Crippen LogP contribution in [0.5, 0.6) is 0 Å². The Bertz CT molecular complexity index is 522. The van der Waals surface area contributed by atoms with E-state index in [1.165, 1.54) is 0 Å². The highest BCUT2D eigenvalue weighted by Gasteiger charge is 2.28. The average molecular weight is 355 g/mol. The third kappa shape index (κ3) is 6.49. The van der Waals surface area contributed by atoms with E-state index < -0.39 is 0 Å². The van der Waals surface area contributed by atoms with Gasteiger partial charge in [0, 0.05) is 26.1 Å². The normalized spacial score (nSPS) is 17.3. The van der Waals surface area contributed by atoms with Crippen molar-refractivity contribution in [1.29, 1.82) is 0 Å². The molecule has 6 heteroatoms. The Balaban J connectivity index is 0.00000288. The maximum Gasteiger partial charge on any atom is 0.410 e. The smallest absolute Gasteiger partial charge is 0.410 e. The summed E-state index contributed by atoms with van der Waals surface area (Å²) in [5.41, 5.74) is 0.959. The van der Waals surface area contributed by atoms with Crippen LogP contribution in [0.1, 0.15) is 32.3 Å². The van der Waals surface area contributed by atoms with Crippen LogP contribution in [0, 0.1) is 5.92 Å². The maximum atomic E-state index is 12.2. The van der Waals surface area contributed by atoms with Gasteiger partial charge in [0.2, 0.25) is 0 Å². The summed E-state index contributed by atoms with van der Waals surface area (Å²) in [5, 5.41) is 3.20. The molecular weight excluding hydrogens is 328 g/mol. The van der Waals surface area contributed by atoms with Gasteiger partial charge in [-0.1, -0.05) is 44.2 Å². The van der Waals surface area contributed by atoms with Crippen LogP contribution >= 0.6 is 12.4 Å². The number of nitrogens with zero attached hydrogens (tertiary/aromatic N) is 1. The Labute approximate surface area is 150 Å². The van der Waals surface area contributed by atoms with E-state index in [9.17, 15) is 9.59 Å². The highest BCUT2D eigenvalue weighted by atomic mass is 35.5. The van der Waals surface area contributed by atoms with Crippen LogP contribution in [0.15, 0.2) is 30.3 Å². The summed E-state index contributed by atoms with van der Waals surface area (Å²) in [6.45, 7) is 6.06. The molecule has 0 radical (unpaired) electrons. The number of carbonyl (C=O) groups excluding carboxylic acids is 2. The largest absolute Gasteiger partial charge is 0.445 e. The van der Waals surface area contributed by atoms with E-state index in [2.05, 4.69) is 19.2 Å². The van der Waals surface area contributed by atoms with Crippen LogP contribution in [0.4, 0.5) is 4.79 Å². The Morgan fingerprint density at radius 3 is 2.67 bits per heavy atom. The topological polar surface area (TPSA) is 58.6 Å². The highest BCUT2D eigenvalue weighted by Crippen LogP contribution is 2.10. The highest BCUT2D eigenvalue weighted by molar-refractivity contribution is 5.85. The standard InChI is InChI=1S/C18H26N2O3.ClH/c1-14(2)8-9-17(21)16-12-20(11-10-19-16)18(22)23-13-15-6-4-3-5-7-15;/h3-7,14,16,19H,8-13H2,1-2H3;1H. The Morgan fingerprint density at radius 2 is 2.00 bits per heavy atom. The van der Waals surface area contributed by atoms with Crippen molar-refractivity contribution in [2.24, 2.45) is 5.92 Å². The number of amides is 1. The predicted octanol–water partition coefficient (Wildman–Crippen LogP) is 3.02. The molecule has 1 heterocycles. The monoisotopic (exact) mass is 354 g/mol. The number of piperazine rings is 1. The Hall–Kier alpha value is -1.59. The molecule has 1 fully saturated rings. The van der Waals surface area contributed by atoms with Gasteiger partial charge in [-0.15, -0.1) is 12.4 Å². The molecule has 1 atom stereocenters. The molecule has 5 nitrogen and oxygen atoms in total. The molecule has 0 aromatic heterocycles. The van der Waals surface area contributed by atoms with Crippen molar-refractivity contribution in [2.45, 2.75) is 39.3 Å². The van der Waals surface area contributed by atoms with E-state index in [1.807, 2.05) is 30.3 Å². The van der Waals surface area contributed by atoms with E-state index in [1.54, 1.807) is 4.90 Å². The van der Waals surface area contributed by atoms with E-state index >= 15 is 0 Å². The lowest BCUT2D eigenvalue weighted by Gasteiger charge is -2.32. The molecule has 134 valence electrons. The minimum Gasteiger partial charge on any atom is -0.445 e. The van der Waals surface area contributed by atoms with Crippen molar-refractivity contribution in [3.8, 4) is 0 Å². The second-order valence-corrected chi connectivity index (χ2v) is 6.39. The minimum absolute atomic E-state index is 0. The molecule has 24 heavy (non-hydrogen) atoms. The molecule has 0 spiro atoms. The quantitative estimate of drug-likeness (QED) is 0.853. The van der Waals surface area contributed by atoms with Gasteiger partial charge < -0.3 is 15.0 Å². The molecule has 1 aromatic rings. The van der Waals surface area contributed by atoms with Crippen LogP contribution in [-0.2, 0) is 16.1 Å². The first-order chi connectivity index (χ1) is 11.1. The van der Waals surface area contributed by atoms with Gasteiger partial charge in [0.15, 0.2) is 5.78 Å². The molecule has 1 aliphatic heterocycles. The number of ether oxygens (including phenoxy) is 1. The van der Waals surface area contributed by atoms with Crippen molar-refractivity contribution < 1.29 is 14.3 Å². The van der Waals surface area contributed by atoms with Crippen molar-refractivity contribution >= 4 is 24.3 Å².